The average Bonchev–Trinajstić information content (AvgIpc) is 2.30. The van der Waals surface area contributed by atoms with Gasteiger partial charge in [-0.25, -0.2) is 9.97 Å². The molecule has 0 saturated carbocycles. The van der Waals surface area contributed by atoms with E-state index < -0.39 is 0 Å². The number of nitrogens with zero attached hydrogens (tertiary/aromatic N) is 3. The summed E-state index contributed by atoms with van der Waals surface area (Å²) in [4.78, 5) is 11.0. The summed E-state index contributed by atoms with van der Waals surface area (Å²) in [6.07, 6.45) is 0.818. The maximum Gasteiger partial charge on any atom is 0.133 e. The molecule has 0 aliphatic rings. The van der Waals surface area contributed by atoms with Crippen molar-refractivity contribution in [2.24, 2.45) is 0 Å². The Morgan fingerprint density at radius 1 is 1.29 bits per heavy atom. The van der Waals surface area contributed by atoms with Crippen LogP contribution in [0.15, 0.2) is 6.07 Å². The first-order chi connectivity index (χ1) is 8.19. The van der Waals surface area contributed by atoms with Gasteiger partial charge in [0, 0.05) is 20.1 Å². The zero-order valence-electron chi connectivity index (χ0n) is 10.7. The summed E-state index contributed by atoms with van der Waals surface area (Å²) in [7, 11) is 1.64. The molecule has 1 rings (SSSR count). The molecule has 17 heavy (non-hydrogen) atoms. The third-order valence-corrected chi connectivity index (χ3v) is 2.83. The first-order valence-corrected chi connectivity index (χ1v) is 6.31. The van der Waals surface area contributed by atoms with Crippen LogP contribution in [0.5, 0.6) is 0 Å². The lowest BCUT2D eigenvalue weighted by Gasteiger charge is -2.17. The van der Waals surface area contributed by atoms with Gasteiger partial charge in [0.1, 0.15) is 11.0 Å². The van der Waals surface area contributed by atoms with Gasteiger partial charge in [0.25, 0.3) is 0 Å². The maximum absolute atomic E-state index is 5.95. The van der Waals surface area contributed by atoms with Crippen LogP contribution in [-0.2, 0) is 17.8 Å². The first-order valence-electron chi connectivity index (χ1n) is 5.93. The lowest BCUT2D eigenvalue weighted by Crippen LogP contribution is -2.26. The molecule has 1 aromatic rings. The Hall–Kier alpha value is -0.710. The molecule has 0 bridgehead atoms. The molecule has 0 aromatic carbocycles. The highest BCUT2D eigenvalue weighted by molar-refractivity contribution is 6.29. The molecule has 0 amide bonds. The molecule has 0 saturated heterocycles. The minimum absolute atomic E-state index is 0.473. The molecule has 0 atom stereocenters. The van der Waals surface area contributed by atoms with E-state index in [0.717, 1.165) is 37.6 Å². The van der Waals surface area contributed by atoms with Crippen molar-refractivity contribution < 1.29 is 4.74 Å². The largest absolute Gasteiger partial charge is 0.378 e. The summed E-state index contributed by atoms with van der Waals surface area (Å²) >= 11 is 5.95. The number of hydrogen-bond acceptors (Lipinski definition) is 4. The van der Waals surface area contributed by atoms with Crippen LogP contribution in [-0.4, -0.2) is 41.6 Å². The van der Waals surface area contributed by atoms with Gasteiger partial charge in [0.05, 0.1) is 12.3 Å². The lowest BCUT2D eigenvalue weighted by molar-refractivity contribution is 0.181. The molecule has 0 unspecified atom stereocenters. The molecule has 1 heterocycles. The molecule has 0 fully saturated rings. The fraction of sp³-hybridized carbons (Fsp3) is 0.667. The average molecular weight is 258 g/mol. The van der Waals surface area contributed by atoms with Gasteiger partial charge in [0.15, 0.2) is 0 Å². The van der Waals surface area contributed by atoms with Gasteiger partial charge in [-0.05, 0) is 19.2 Å². The fourth-order valence-corrected chi connectivity index (χ4v) is 1.87. The zero-order valence-corrected chi connectivity index (χ0v) is 11.5. The number of likely N-dealkylation sites (N-methyl/N-ethyl adjacent to an activating group) is 1. The van der Waals surface area contributed by atoms with Gasteiger partial charge < -0.3 is 9.64 Å². The topological polar surface area (TPSA) is 38.2 Å². The summed E-state index contributed by atoms with van der Waals surface area (Å²) in [5.74, 6) is 0.788. The zero-order chi connectivity index (χ0) is 12.7. The highest BCUT2D eigenvalue weighted by Crippen LogP contribution is 2.09. The van der Waals surface area contributed by atoms with E-state index in [1.165, 1.54) is 0 Å². The Kier molecular flexibility index (Phi) is 6.40. The second kappa shape index (κ2) is 7.58. The van der Waals surface area contributed by atoms with Gasteiger partial charge in [0.2, 0.25) is 0 Å². The predicted octanol–water partition coefficient (Wildman–Crippen LogP) is 2.16. The minimum atomic E-state index is 0.473. The van der Waals surface area contributed by atoms with Crippen molar-refractivity contribution in [2.45, 2.75) is 26.9 Å². The molecule has 0 radical (unpaired) electrons. The second-order valence-electron chi connectivity index (χ2n) is 3.81. The van der Waals surface area contributed by atoms with Crippen molar-refractivity contribution in [1.82, 2.24) is 14.9 Å². The van der Waals surface area contributed by atoms with Crippen LogP contribution in [0.25, 0.3) is 0 Å². The Bertz CT molecular complexity index is 343. The van der Waals surface area contributed by atoms with E-state index in [1.54, 1.807) is 13.2 Å². The molecule has 96 valence electrons. The van der Waals surface area contributed by atoms with Gasteiger partial charge in [-0.15, -0.1) is 0 Å². The number of rotatable bonds is 7. The van der Waals surface area contributed by atoms with Crippen LogP contribution in [0.4, 0.5) is 0 Å². The third kappa shape index (κ3) is 4.98. The minimum Gasteiger partial charge on any atom is -0.378 e. The van der Waals surface area contributed by atoms with Gasteiger partial charge in [-0.2, -0.15) is 0 Å². The van der Waals surface area contributed by atoms with Crippen LogP contribution in [0.1, 0.15) is 25.4 Å². The molecular formula is C12H20ClN3O. The third-order valence-electron chi connectivity index (χ3n) is 2.63. The number of ether oxygens (including phenoxy) is 1. The molecule has 0 N–H and O–H groups in total. The van der Waals surface area contributed by atoms with Crippen LogP contribution in [0.2, 0.25) is 5.15 Å². The number of hydrogen-bond donors (Lipinski definition) is 0. The molecule has 0 aliphatic heterocycles. The van der Waals surface area contributed by atoms with Crippen molar-refractivity contribution in [3.63, 3.8) is 0 Å². The molecule has 0 spiro atoms. The van der Waals surface area contributed by atoms with Crippen molar-refractivity contribution in [3.8, 4) is 0 Å². The van der Waals surface area contributed by atoms with E-state index in [9.17, 15) is 0 Å². The Balaban J connectivity index is 2.63. The summed E-state index contributed by atoms with van der Waals surface area (Å²) in [5, 5.41) is 0.488. The molecule has 5 heteroatoms. The predicted molar refractivity (Wildman–Crippen MR) is 69.2 cm³/mol. The van der Waals surface area contributed by atoms with Gasteiger partial charge >= 0.3 is 0 Å². The Labute approximate surface area is 108 Å². The van der Waals surface area contributed by atoms with E-state index in [2.05, 4.69) is 28.7 Å². The van der Waals surface area contributed by atoms with Crippen LogP contribution >= 0.6 is 11.6 Å². The Morgan fingerprint density at radius 3 is 2.59 bits per heavy atom. The SMILES string of the molecule is CCN(CC)CCc1nc(Cl)cc(COC)n1. The van der Waals surface area contributed by atoms with Crippen molar-refractivity contribution >= 4 is 11.6 Å². The summed E-state index contributed by atoms with van der Waals surface area (Å²) < 4.78 is 5.05. The fourth-order valence-electron chi connectivity index (χ4n) is 1.65. The molecule has 4 nitrogen and oxygen atoms in total. The normalized spacial score (nSPS) is 11.1. The van der Waals surface area contributed by atoms with Crippen LogP contribution in [0.3, 0.4) is 0 Å². The van der Waals surface area contributed by atoms with E-state index >= 15 is 0 Å². The molecule has 0 aliphatic carbocycles. The van der Waals surface area contributed by atoms with Crippen molar-refractivity contribution in [1.29, 1.82) is 0 Å². The van der Waals surface area contributed by atoms with Crippen molar-refractivity contribution in [2.75, 3.05) is 26.7 Å². The summed E-state index contributed by atoms with van der Waals surface area (Å²) in [5.41, 5.74) is 0.835. The number of aromatic nitrogens is 2. The smallest absolute Gasteiger partial charge is 0.133 e. The van der Waals surface area contributed by atoms with Crippen LogP contribution < -0.4 is 0 Å². The maximum atomic E-state index is 5.95. The molecule has 1 aromatic heterocycles. The molecular weight excluding hydrogens is 238 g/mol. The summed E-state index contributed by atoms with van der Waals surface area (Å²) in [6.45, 7) is 7.82. The van der Waals surface area contributed by atoms with E-state index in [0.29, 0.717) is 11.8 Å². The first kappa shape index (κ1) is 14.4. The van der Waals surface area contributed by atoms with E-state index in [-0.39, 0.29) is 0 Å². The number of halogens is 1. The summed E-state index contributed by atoms with van der Waals surface area (Å²) in [6, 6.07) is 1.74. The quantitative estimate of drug-likeness (QED) is 0.702. The highest BCUT2D eigenvalue weighted by atomic mass is 35.5. The highest BCUT2D eigenvalue weighted by Gasteiger charge is 2.05. The van der Waals surface area contributed by atoms with Gasteiger partial charge in [-0.1, -0.05) is 25.4 Å². The van der Waals surface area contributed by atoms with E-state index in [4.69, 9.17) is 16.3 Å². The standard InChI is InChI=1S/C12H20ClN3O/c1-4-16(5-2)7-6-12-14-10(9-17-3)8-11(13)15-12/h8H,4-7,9H2,1-3H3. The monoisotopic (exact) mass is 257 g/mol. The van der Waals surface area contributed by atoms with E-state index in [1.807, 2.05) is 0 Å². The lowest BCUT2D eigenvalue weighted by atomic mass is 10.3. The second-order valence-corrected chi connectivity index (χ2v) is 4.20. The van der Waals surface area contributed by atoms with Crippen LogP contribution in [0, 0.1) is 0 Å². The Morgan fingerprint density at radius 2 is 2.00 bits per heavy atom. The number of methoxy groups -OCH3 is 1. The van der Waals surface area contributed by atoms with Gasteiger partial charge in [-0.3, -0.25) is 0 Å². The van der Waals surface area contributed by atoms with Crippen molar-refractivity contribution in [3.05, 3.63) is 22.7 Å².